The van der Waals surface area contributed by atoms with Crippen LogP contribution in [0, 0.1) is 18.2 Å². The van der Waals surface area contributed by atoms with Gasteiger partial charge in [-0.2, -0.15) is 0 Å². The van der Waals surface area contributed by atoms with E-state index in [0.29, 0.717) is 22.7 Å². The molecule has 2 heterocycles. The van der Waals surface area contributed by atoms with Crippen molar-refractivity contribution in [1.82, 2.24) is 9.97 Å². The van der Waals surface area contributed by atoms with Crippen molar-refractivity contribution in [2.24, 2.45) is 10.7 Å². The van der Waals surface area contributed by atoms with E-state index in [4.69, 9.17) is 16.9 Å². The van der Waals surface area contributed by atoms with Crippen LogP contribution in [-0.4, -0.2) is 27.0 Å². The highest BCUT2D eigenvalue weighted by atomic mass is 32.2. The third-order valence-electron chi connectivity index (χ3n) is 4.00. The Morgan fingerprint density at radius 1 is 1.43 bits per heavy atom. The lowest BCUT2D eigenvalue weighted by Crippen LogP contribution is -2.16. The van der Waals surface area contributed by atoms with Gasteiger partial charge >= 0.3 is 0 Å². The fourth-order valence-electron chi connectivity index (χ4n) is 2.60. The molecule has 1 aliphatic rings. The predicted molar refractivity (Wildman–Crippen MR) is 108 cm³/mol. The van der Waals surface area contributed by atoms with E-state index in [0.717, 1.165) is 5.75 Å². The molecule has 2 N–H and O–H groups in total. The first-order chi connectivity index (χ1) is 13.5. The lowest BCUT2D eigenvalue weighted by Gasteiger charge is -2.19. The molecule has 2 aromatic rings. The number of aliphatic imine (C=N–C) groups is 1. The Labute approximate surface area is 166 Å². The van der Waals surface area contributed by atoms with E-state index >= 15 is 0 Å². The minimum Gasteiger partial charge on any atom is -0.460 e. The van der Waals surface area contributed by atoms with E-state index in [1.54, 1.807) is 13.0 Å². The molecule has 3 rings (SSSR count). The minimum absolute atomic E-state index is 0.0305. The Morgan fingerprint density at radius 2 is 2.25 bits per heavy atom. The summed E-state index contributed by atoms with van der Waals surface area (Å²) < 4.78 is 34.1. The third-order valence-corrected chi connectivity index (χ3v) is 4.84. The van der Waals surface area contributed by atoms with Gasteiger partial charge in [0.25, 0.3) is 0 Å². The van der Waals surface area contributed by atoms with Crippen LogP contribution in [-0.2, 0) is 0 Å². The average Bonchev–Trinajstić information content (AvgIpc) is 2.69. The van der Waals surface area contributed by atoms with Crippen molar-refractivity contribution in [2.75, 3.05) is 5.75 Å². The van der Waals surface area contributed by atoms with E-state index in [-0.39, 0.29) is 17.6 Å². The summed E-state index contributed by atoms with van der Waals surface area (Å²) in [6.07, 6.45) is 9.25. The summed E-state index contributed by atoms with van der Waals surface area (Å²) in [4.78, 5) is 12.3. The Bertz CT molecular complexity index is 954. The molecule has 0 bridgehead atoms. The van der Waals surface area contributed by atoms with Gasteiger partial charge in [-0.15, -0.1) is 6.42 Å². The third kappa shape index (κ3) is 4.87. The topological polar surface area (TPSA) is 73.4 Å². The number of ether oxygens (including phenoxy) is 1. The molecule has 1 aliphatic heterocycles. The highest BCUT2D eigenvalue weighted by Crippen LogP contribution is 2.31. The number of thioether (sulfide) groups is 1. The fraction of sp³-hybridized carbons (Fsp3) is 0.250. The summed E-state index contributed by atoms with van der Waals surface area (Å²) in [5.41, 5.74) is 6.65. The SMILES string of the molecule is C#CC(C)Oc1cnc(/C(F)=C/c2ccc(F)c(C3CCSC(N)=N3)c2)cn1. The molecule has 1 aromatic heterocycles. The number of aromatic nitrogens is 2. The van der Waals surface area contributed by atoms with Crippen LogP contribution in [0.25, 0.3) is 11.9 Å². The van der Waals surface area contributed by atoms with Crippen LogP contribution in [0.15, 0.2) is 35.6 Å². The Balaban J connectivity index is 1.82. The highest BCUT2D eigenvalue weighted by molar-refractivity contribution is 8.13. The number of amidine groups is 1. The molecule has 2 atom stereocenters. The van der Waals surface area contributed by atoms with E-state index in [1.807, 2.05) is 0 Å². The zero-order valence-electron chi connectivity index (χ0n) is 15.1. The van der Waals surface area contributed by atoms with Gasteiger partial charge in [0.1, 0.15) is 11.5 Å². The number of nitrogens with zero attached hydrogens (tertiary/aromatic N) is 3. The summed E-state index contributed by atoms with van der Waals surface area (Å²) >= 11 is 1.44. The molecule has 0 radical (unpaired) electrons. The Morgan fingerprint density at radius 3 is 2.93 bits per heavy atom. The normalized spacial score (nSPS) is 18.1. The second-order valence-electron chi connectivity index (χ2n) is 6.06. The quantitative estimate of drug-likeness (QED) is 0.769. The number of rotatable bonds is 5. The first kappa shape index (κ1) is 19.8. The van der Waals surface area contributed by atoms with Crippen molar-refractivity contribution in [2.45, 2.75) is 25.5 Å². The van der Waals surface area contributed by atoms with Crippen LogP contribution in [0.2, 0.25) is 0 Å². The summed E-state index contributed by atoms with van der Waals surface area (Å²) in [5, 5.41) is 0.430. The molecule has 8 heteroatoms. The summed E-state index contributed by atoms with van der Waals surface area (Å²) in [7, 11) is 0. The number of terminal acetylenes is 1. The van der Waals surface area contributed by atoms with Gasteiger partial charge in [0.05, 0.1) is 18.4 Å². The zero-order chi connectivity index (χ0) is 20.1. The van der Waals surface area contributed by atoms with Gasteiger partial charge in [0.15, 0.2) is 17.1 Å². The van der Waals surface area contributed by atoms with Crippen molar-refractivity contribution >= 4 is 28.8 Å². The maximum atomic E-state index is 14.6. The molecule has 2 unspecified atom stereocenters. The molecule has 0 saturated carbocycles. The van der Waals surface area contributed by atoms with Crippen LogP contribution in [0.4, 0.5) is 8.78 Å². The number of hydrogen-bond acceptors (Lipinski definition) is 6. The van der Waals surface area contributed by atoms with Crippen LogP contribution in [0.3, 0.4) is 0 Å². The monoisotopic (exact) mass is 400 g/mol. The first-order valence-corrected chi connectivity index (χ1v) is 9.52. The summed E-state index contributed by atoms with van der Waals surface area (Å²) in [5.74, 6) is 2.36. The first-order valence-electron chi connectivity index (χ1n) is 8.54. The minimum atomic E-state index is -0.608. The number of nitrogens with two attached hydrogens (primary N) is 1. The second kappa shape index (κ2) is 8.85. The van der Waals surface area contributed by atoms with Gasteiger partial charge in [-0.25, -0.2) is 18.7 Å². The van der Waals surface area contributed by atoms with Crippen LogP contribution in [0.5, 0.6) is 5.88 Å². The molecule has 0 spiro atoms. The molecular weight excluding hydrogens is 382 g/mol. The lowest BCUT2D eigenvalue weighted by atomic mass is 10.0. The molecule has 144 valence electrons. The van der Waals surface area contributed by atoms with Crippen LogP contribution in [0.1, 0.15) is 36.2 Å². The standard InChI is InChI=1S/C20H18F2N4OS/c1-3-12(2)27-19-11-24-18(10-25-19)16(22)9-13-4-5-15(21)14(8-13)17-6-7-28-20(23)26-17/h1,4-5,8-12,17H,6-7H2,2H3,(H2,23,26)/b16-9-. The zero-order valence-corrected chi connectivity index (χ0v) is 15.9. The maximum absolute atomic E-state index is 14.6. The van der Waals surface area contributed by atoms with Gasteiger partial charge in [0, 0.05) is 11.3 Å². The summed E-state index contributed by atoms with van der Waals surface area (Å²) in [6.45, 7) is 1.69. The maximum Gasteiger partial charge on any atom is 0.233 e. The van der Waals surface area contributed by atoms with Gasteiger partial charge < -0.3 is 10.5 Å². The van der Waals surface area contributed by atoms with Crippen LogP contribution >= 0.6 is 11.8 Å². The molecule has 0 saturated heterocycles. The smallest absolute Gasteiger partial charge is 0.233 e. The molecule has 0 aliphatic carbocycles. The van der Waals surface area contributed by atoms with Gasteiger partial charge in [-0.3, -0.25) is 4.99 Å². The van der Waals surface area contributed by atoms with Crippen LogP contribution < -0.4 is 10.5 Å². The van der Waals surface area contributed by atoms with E-state index in [2.05, 4.69) is 20.9 Å². The van der Waals surface area contributed by atoms with Crippen molar-refractivity contribution in [3.05, 3.63) is 53.2 Å². The largest absolute Gasteiger partial charge is 0.460 e. The number of halogens is 2. The Kier molecular flexibility index (Phi) is 6.26. The summed E-state index contributed by atoms with van der Waals surface area (Å²) in [6, 6.07) is 3.99. The second-order valence-corrected chi connectivity index (χ2v) is 7.18. The molecular formula is C20H18F2N4OS. The molecule has 28 heavy (non-hydrogen) atoms. The van der Waals surface area contributed by atoms with Crippen molar-refractivity contribution in [1.29, 1.82) is 0 Å². The van der Waals surface area contributed by atoms with Crippen molar-refractivity contribution < 1.29 is 13.5 Å². The van der Waals surface area contributed by atoms with E-state index < -0.39 is 17.7 Å². The fourth-order valence-corrected chi connectivity index (χ4v) is 3.35. The highest BCUT2D eigenvalue weighted by Gasteiger charge is 2.19. The van der Waals surface area contributed by atoms with Gasteiger partial charge in [0.2, 0.25) is 5.88 Å². The van der Waals surface area contributed by atoms with E-state index in [9.17, 15) is 8.78 Å². The molecule has 0 fully saturated rings. The lowest BCUT2D eigenvalue weighted by molar-refractivity contribution is 0.266. The average molecular weight is 400 g/mol. The van der Waals surface area contributed by atoms with E-state index in [1.165, 1.54) is 42.4 Å². The van der Waals surface area contributed by atoms with Crippen molar-refractivity contribution in [3.63, 3.8) is 0 Å². The molecule has 0 amide bonds. The predicted octanol–water partition coefficient (Wildman–Crippen LogP) is 3.98. The number of benzene rings is 1. The van der Waals surface area contributed by atoms with Crippen molar-refractivity contribution in [3.8, 4) is 18.2 Å². The van der Waals surface area contributed by atoms with Gasteiger partial charge in [-0.05, 0) is 37.1 Å². The molecule has 5 nitrogen and oxygen atoms in total. The number of hydrogen-bond donors (Lipinski definition) is 1. The molecule has 1 aromatic carbocycles. The Hall–Kier alpha value is -2.92. The van der Waals surface area contributed by atoms with Gasteiger partial charge in [-0.1, -0.05) is 23.7 Å².